The van der Waals surface area contributed by atoms with Crippen molar-refractivity contribution in [2.75, 3.05) is 0 Å². The number of fused-ring (bicyclic) bond motifs is 1. The summed E-state index contributed by atoms with van der Waals surface area (Å²) in [5.74, 6) is 0. The quantitative estimate of drug-likeness (QED) is 0.566. The van der Waals surface area contributed by atoms with Crippen molar-refractivity contribution >= 4 is 11.2 Å². The van der Waals surface area contributed by atoms with Crippen molar-refractivity contribution in [1.82, 2.24) is 0 Å². The second-order valence-electron chi connectivity index (χ2n) is 2.73. The van der Waals surface area contributed by atoms with Crippen LogP contribution in [-0.4, -0.2) is 0 Å². The molecule has 66 valence electrons. The number of hydrogen-bond acceptors (Lipinski definition) is 4. The Morgan fingerprint density at radius 3 is 2.31 bits per heavy atom. The average Bonchev–Trinajstić information content (AvgIpc) is 2.08. The molecule has 0 amide bonds. The van der Waals surface area contributed by atoms with Gasteiger partial charge < -0.3 is 8.83 Å². The summed E-state index contributed by atoms with van der Waals surface area (Å²) in [5, 5.41) is 0. The Hall–Kier alpha value is -1.84. The highest BCUT2D eigenvalue weighted by Gasteiger charge is 2.03. The SMILES string of the molecule is Cc1ccc2oc(=O)c(=O)oc2c1. The lowest BCUT2D eigenvalue weighted by Gasteiger charge is -1.94. The molecule has 0 N–H and O–H groups in total. The summed E-state index contributed by atoms with van der Waals surface area (Å²) in [6.45, 7) is 1.85. The standard InChI is InChI=1S/C9H6O4/c1-5-2-3-6-7(4-5)13-9(11)8(10)12-6/h2-4H,1H3. The molecule has 0 unspecified atom stereocenters. The normalized spacial score (nSPS) is 10.5. The van der Waals surface area contributed by atoms with E-state index in [1.54, 1.807) is 18.2 Å². The topological polar surface area (TPSA) is 60.4 Å². The molecule has 0 fully saturated rings. The second-order valence-corrected chi connectivity index (χ2v) is 2.73. The second kappa shape index (κ2) is 2.58. The largest absolute Gasteiger partial charge is 0.423 e. The van der Waals surface area contributed by atoms with E-state index in [1.807, 2.05) is 6.92 Å². The molecular weight excluding hydrogens is 172 g/mol. The zero-order valence-electron chi connectivity index (χ0n) is 6.87. The molecule has 4 heteroatoms. The molecule has 1 aromatic carbocycles. The highest BCUT2D eigenvalue weighted by atomic mass is 16.5. The van der Waals surface area contributed by atoms with Gasteiger partial charge in [0.25, 0.3) is 0 Å². The number of benzene rings is 1. The van der Waals surface area contributed by atoms with E-state index in [4.69, 9.17) is 4.42 Å². The predicted molar refractivity (Wildman–Crippen MR) is 45.8 cm³/mol. The van der Waals surface area contributed by atoms with E-state index in [9.17, 15) is 9.59 Å². The van der Waals surface area contributed by atoms with E-state index in [0.29, 0.717) is 5.58 Å². The molecular formula is C9H6O4. The van der Waals surface area contributed by atoms with Crippen LogP contribution in [0.25, 0.3) is 11.2 Å². The maximum absolute atomic E-state index is 10.8. The lowest BCUT2D eigenvalue weighted by atomic mass is 10.2. The highest BCUT2D eigenvalue weighted by Crippen LogP contribution is 2.11. The van der Waals surface area contributed by atoms with E-state index >= 15 is 0 Å². The summed E-state index contributed by atoms with van der Waals surface area (Å²) in [6, 6.07) is 5.00. The number of hydrogen-bond donors (Lipinski definition) is 0. The third kappa shape index (κ3) is 1.26. The van der Waals surface area contributed by atoms with Gasteiger partial charge in [-0.15, -0.1) is 0 Å². The van der Waals surface area contributed by atoms with Crippen LogP contribution in [0.3, 0.4) is 0 Å². The van der Waals surface area contributed by atoms with Gasteiger partial charge in [0, 0.05) is 0 Å². The molecule has 2 rings (SSSR count). The van der Waals surface area contributed by atoms with Gasteiger partial charge in [-0.1, -0.05) is 6.07 Å². The summed E-state index contributed by atoms with van der Waals surface area (Å²) in [5.41, 5.74) is -0.432. The lowest BCUT2D eigenvalue weighted by Crippen LogP contribution is -2.20. The molecule has 1 aromatic heterocycles. The van der Waals surface area contributed by atoms with Crippen molar-refractivity contribution in [3.8, 4) is 0 Å². The van der Waals surface area contributed by atoms with Gasteiger partial charge in [0.15, 0.2) is 11.2 Å². The minimum absolute atomic E-state index is 0.287. The van der Waals surface area contributed by atoms with Gasteiger partial charge in [-0.2, -0.15) is 0 Å². The van der Waals surface area contributed by atoms with Gasteiger partial charge in [0.05, 0.1) is 0 Å². The Kier molecular flexibility index (Phi) is 1.55. The maximum Gasteiger partial charge on any atom is 0.423 e. The lowest BCUT2D eigenvalue weighted by molar-refractivity contribution is 0.448. The zero-order valence-corrected chi connectivity index (χ0v) is 6.87. The van der Waals surface area contributed by atoms with Crippen LogP contribution in [0, 0.1) is 6.92 Å². The number of rotatable bonds is 0. The first-order valence-corrected chi connectivity index (χ1v) is 3.71. The van der Waals surface area contributed by atoms with Gasteiger partial charge in [-0.3, -0.25) is 0 Å². The van der Waals surface area contributed by atoms with E-state index in [-0.39, 0.29) is 5.58 Å². The first-order valence-electron chi connectivity index (χ1n) is 3.71. The summed E-state index contributed by atoms with van der Waals surface area (Å²) in [4.78, 5) is 21.5. The molecule has 13 heavy (non-hydrogen) atoms. The molecule has 0 spiro atoms. The van der Waals surface area contributed by atoms with Crippen molar-refractivity contribution in [3.05, 3.63) is 44.6 Å². The molecule has 0 aliphatic heterocycles. The summed E-state index contributed by atoms with van der Waals surface area (Å²) < 4.78 is 9.40. The fraction of sp³-hybridized carbons (Fsp3) is 0.111. The molecule has 0 aliphatic rings. The van der Waals surface area contributed by atoms with Crippen LogP contribution in [0.4, 0.5) is 0 Å². The molecule has 0 saturated heterocycles. The van der Waals surface area contributed by atoms with Crippen molar-refractivity contribution in [2.45, 2.75) is 6.92 Å². The van der Waals surface area contributed by atoms with E-state index in [1.165, 1.54) is 0 Å². The Bertz CT molecular complexity index is 562. The Balaban J connectivity index is 2.97. The van der Waals surface area contributed by atoms with Gasteiger partial charge in [0.1, 0.15) is 0 Å². The van der Waals surface area contributed by atoms with Crippen molar-refractivity contribution in [3.63, 3.8) is 0 Å². The molecule has 1 heterocycles. The molecule has 0 atom stereocenters. The minimum Gasteiger partial charge on any atom is -0.414 e. The van der Waals surface area contributed by atoms with Gasteiger partial charge in [-0.25, -0.2) is 9.59 Å². The molecule has 4 nitrogen and oxygen atoms in total. The van der Waals surface area contributed by atoms with E-state index in [0.717, 1.165) is 5.56 Å². The highest BCUT2D eigenvalue weighted by molar-refractivity contribution is 5.69. The predicted octanol–water partition coefficient (Wildman–Crippen LogP) is 1.05. The molecule has 2 aromatic rings. The van der Waals surface area contributed by atoms with Crippen LogP contribution in [0.5, 0.6) is 0 Å². The first-order chi connectivity index (χ1) is 6.16. The Morgan fingerprint density at radius 1 is 1.00 bits per heavy atom. The number of aryl methyl sites for hydroxylation is 1. The summed E-state index contributed by atoms with van der Waals surface area (Å²) in [6.07, 6.45) is 0. The summed E-state index contributed by atoms with van der Waals surface area (Å²) >= 11 is 0. The van der Waals surface area contributed by atoms with Crippen molar-refractivity contribution in [1.29, 1.82) is 0 Å². The van der Waals surface area contributed by atoms with Crippen LogP contribution in [0.2, 0.25) is 0 Å². The zero-order chi connectivity index (χ0) is 9.42. The van der Waals surface area contributed by atoms with E-state index < -0.39 is 11.3 Å². The first kappa shape index (κ1) is 7.79. The van der Waals surface area contributed by atoms with Gasteiger partial charge in [-0.05, 0) is 24.6 Å². The summed E-state index contributed by atoms with van der Waals surface area (Å²) in [7, 11) is 0. The smallest absolute Gasteiger partial charge is 0.414 e. The molecule has 0 saturated carbocycles. The average molecular weight is 178 g/mol. The van der Waals surface area contributed by atoms with Crippen LogP contribution in [0.1, 0.15) is 5.56 Å². The fourth-order valence-electron chi connectivity index (χ4n) is 1.06. The van der Waals surface area contributed by atoms with Crippen LogP contribution < -0.4 is 11.3 Å². The molecule has 0 radical (unpaired) electrons. The minimum atomic E-state index is -0.976. The van der Waals surface area contributed by atoms with Crippen LogP contribution in [0.15, 0.2) is 36.6 Å². The van der Waals surface area contributed by atoms with Gasteiger partial charge >= 0.3 is 11.3 Å². The molecule has 0 aliphatic carbocycles. The van der Waals surface area contributed by atoms with Crippen molar-refractivity contribution in [2.24, 2.45) is 0 Å². The van der Waals surface area contributed by atoms with Crippen LogP contribution >= 0.6 is 0 Å². The molecule has 0 bridgehead atoms. The fourth-order valence-corrected chi connectivity index (χ4v) is 1.06. The maximum atomic E-state index is 10.8. The van der Waals surface area contributed by atoms with Crippen LogP contribution in [-0.2, 0) is 0 Å². The van der Waals surface area contributed by atoms with E-state index in [2.05, 4.69) is 4.42 Å². The monoisotopic (exact) mass is 178 g/mol. The Labute approximate surface area is 72.4 Å². The third-order valence-corrected chi connectivity index (χ3v) is 1.67. The van der Waals surface area contributed by atoms with Crippen molar-refractivity contribution < 1.29 is 8.83 Å². The Morgan fingerprint density at radius 2 is 1.62 bits per heavy atom. The van der Waals surface area contributed by atoms with Gasteiger partial charge in [0.2, 0.25) is 0 Å². The third-order valence-electron chi connectivity index (χ3n) is 1.67.